The largest absolute Gasteiger partial charge is 0.445 e. The van der Waals surface area contributed by atoms with Crippen LogP contribution >= 0.6 is 0 Å². The zero-order valence-corrected chi connectivity index (χ0v) is 23.9. The number of anilines is 3. The smallest absolute Gasteiger partial charge is 0.323 e. The van der Waals surface area contributed by atoms with Gasteiger partial charge in [0, 0.05) is 50.9 Å². The van der Waals surface area contributed by atoms with Gasteiger partial charge in [-0.1, -0.05) is 30.3 Å². The molecule has 1 amide bonds. The summed E-state index contributed by atoms with van der Waals surface area (Å²) in [7, 11) is -1.03. The minimum absolute atomic E-state index is 0.0603. The summed E-state index contributed by atoms with van der Waals surface area (Å²) < 4.78 is 39.8. The van der Waals surface area contributed by atoms with Gasteiger partial charge in [-0.25, -0.2) is 4.98 Å². The van der Waals surface area contributed by atoms with Crippen LogP contribution in [-0.2, 0) is 14.9 Å². The maximum Gasteiger partial charge on any atom is 0.323 e. The first-order valence-electron chi connectivity index (χ1n) is 13.5. The lowest BCUT2D eigenvalue weighted by Crippen LogP contribution is -2.37. The van der Waals surface area contributed by atoms with E-state index in [0.717, 1.165) is 21.2 Å². The van der Waals surface area contributed by atoms with Crippen molar-refractivity contribution in [2.75, 3.05) is 50.6 Å². The molecule has 2 fully saturated rings. The molecule has 2 N–H and O–H groups in total. The predicted octanol–water partition coefficient (Wildman–Crippen LogP) is 2.85. The van der Waals surface area contributed by atoms with Crippen LogP contribution < -0.4 is 15.5 Å². The number of ether oxygens (including phenoxy) is 1. The van der Waals surface area contributed by atoms with Gasteiger partial charge in [0.25, 0.3) is 5.91 Å². The molecular formula is C27H32N8O5S. The number of benzene rings is 1. The molecular weight excluding hydrogens is 548 g/mol. The summed E-state index contributed by atoms with van der Waals surface area (Å²) in [5, 5.41) is 10.5. The molecule has 6 rings (SSSR count). The molecule has 2 aliphatic rings. The number of hydrogen-bond donors (Lipinski definition) is 2. The third-order valence-corrected chi connectivity index (χ3v) is 8.88. The molecule has 41 heavy (non-hydrogen) atoms. The Bertz CT molecular complexity index is 1670. The second-order valence-corrected chi connectivity index (χ2v) is 12.4. The van der Waals surface area contributed by atoms with Gasteiger partial charge >= 0.3 is 10.2 Å². The SMILES string of the molecule is C[C@@H](NC(=O)c1cc2nc(Nc3cc(-c4ccccc4)n(S(=O)(=O)N(C)C)n3)nc(N3CCOCC3)c2o1)C1CC1. The predicted molar refractivity (Wildman–Crippen MR) is 153 cm³/mol. The van der Waals surface area contributed by atoms with E-state index in [2.05, 4.69) is 20.7 Å². The molecule has 1 aliphatic heterocycles. The van der Waals surface area contributed by atoms with E-state index in [1.807, 2.05) is 42.2 Å². The standard InChI is InChI=1S/C27H32N8O5S/c1-17(18-9-10-18)28-26(36)22-15-20-24(40-22)25(34-11-13-39-14-12-34)31-27(29-20)30-23-16-21(19-7-5-4-6-8-19)35(32-23)41(37,38)33(2)3/h4-8,15-18H,9-14H2,1-3H3,(H,28,36)(H,29,30,31,32)/t17-/m1/s1. The van der Waals surface area contributed by atoms with Gasteiger partial charge in [0.2, 0.25) is 5.95 Å². The number of furan rings is 1. The van der Waals surface area contributed by atoms with Crippen molar-refractivity contribution in [3.8, 4) is 11.3 Å². The van der Waals surface area contributed by atoms with Crippen molar-refractivity contribution >= 4 is 44.8 Å². The molecule has 14 heteroatoms. The fraction of sp³-hybridized carbons (Fsp3) is 0.407. The highest BCUT2D eigenvalue weighted by molar-refractivity contribution is 7.87. The maximum absolute atomic E-state index is 13.1. The van der Waals surface area contributed by atoms with Crippen molar-refractivity contribution in [2.24, 2.45) is 5.92 Å². The normalized spacial score (nSPS) is 16.7. The first-order chi connectivity index (χ1) is 19.7. The highest BCUT2D eigenvalue weighted by atomic mass is 32.2. The van der Waals surface area contributed by atoms with Crippen LogP contribution in [0.3, 0.4) is 0 Å². The molecule has 0 radical (unpaired) electrons. The minimum Gasteiger partial charge on any atom is -0.445 e. The summed E-state index contributed by atoms with van der Waals surface area (Å²) in [6.07, 6.45) is 2.22. The zero-order chi connectivity index (χ0) is 28.7. The first kappa shape index (κ1) is 27.2. The van der Waals surface area contributed by atoms with Crippen LogP contribution in [0.1, 0.15) is 30.3 Å². The van der Waals surface area contributed by atoms with Gasteiger partial charge < -0.3 is 24.7 Å². The number of carbonyl (C=O) groups is 1. The summed E-state index contributed by atoms with van der Waals surface area (Å²) >= 11 is 0. The number of carbonyl (C=O) groups excluding carboxylic acids is 1. The van der Waals surface area contributed by atoms with Gasteiger partial charge in [0.1, 0.15) is 5.52 Å². The van der Waals surface area contributed by atoms with Crippen LogP contribution in [-0.4, -0.2) is 84.2 Å². The second kappa shape index (κ2) is 10.8. The highest BCUT2D eigenvalue weighted by Gasteiger charge is 2.31. The molecule has 1 saturated carbocycles. The van der Waals surface area contributed by atoms with E-state index in [-0.39, 0.29) is 29.5 Å². The Balaban J connectivity index is 1.39. The average Bonchev–Trinajstić information content (AvgIpc) is 3.60. The Labute approximate surface area is 237 Å². The van der Waals surface area contributed by atoms with Gasteiger partial charge in [-0.3, -0.25) is 4.79 Å². The third-order valence-electron chi connectivity index (χ3n) is 7.24. The molecule has 0 bridgehead atoms. The van der Waals surface area contributed by atoms with Gasteiger partial charge in [-0.2, -0.15) is 17.7 Å². The van der Waals surface area contributed by atoms with Crippen molar-refractivity contribution in [3.05, 3.63) is 48.2 Å². The molecule has 4 heterocycles. The van der Waals surface area contributed by atoms with E-state index in [9.17, 15) is 13.2 Å². The lowest BCUT2D eigenvalue weighted by molar-refractivity contribution is 0.0909. The molecule has 3 aromatic heterocycles. The van der Waals surface area contributed by atoms with Gasteiger partial charge in [-0.15, -0.1) is 9.19 Å². The molecule has 0 unspecified atom stereocenters. The minimum atomic E-state index is -3.93. The number of fused-ring (bicyclic) bond motifs is 1. The highest BCUT2D eigenvalue weighted by Crippen LogP contribution is 2.34. The van der Waals surface area contributed by atoms with Crippen molar-refractivity contribution in [1.82, 2.24) is 28.8 Å². The maximum atomic E-state index is 13.1. The van der Waals surface area contributed by atoms with E-state index < -0.39 is 10.2 Å². The molecule has 1 aromatic carbocycles. The number of nitrogens with zero attached hydrogens (tertiary/aromatic N) is 6. The molecule has 1 atom stereocenters. The third kappa shape index (κ3) is 5.49. The topological polar surface area (TPSA) is 148 Å². The number of aromatic nitrogens is 4. The molecule has 1 aliphatic carbocycles. The van der Waals surface area contributed by atoms with Crippen molar-refractivity contribution in [1.29, 1.82) is 0 Å². The van der Waals surface area contributed by atoms with Crippen molar-refractivity contribution in [3.63, 3.8) is 0 Å². The van der Waals surface area contributed by atoms with Crippen molar-refractivity contribution in [2.45, 2.75) is 25.8 Å². The van der Waals surface area contributed by atoms with Crippen LogP contribution in [0, 0.1) is 5.92 Å². The fourth-order valence-electron chi connectivity index (χ4n) is 4.74. The van der Waals surface area contributed by atoms with Crippen LogP contribution in [0.5, 0.6) is 0 Å². The second-order valence-electron chi connectivity index (χ2n) is 10.4. The lowest BCUT2D eigenvalue weighted by Gasteiger charge is -2.27. The quantitative estimate of drug-likeness (QED) is 0.303. The number of amides is 1. The summed E-state index contributed by atoms with van der Waals surface area (Å²) in [4.78, 5) is 24.3. The van der Waals surface area contributed by atoms with Crippen LogP contribution in [0.2, 0.25) is 0 Å². The molecule has 13 nitrogen and oxygen atoms in total. The Morgan fingerprint density at radius 3 is 2.51 bits per heavy atom. The summed E-state index contributed by atoms with van der Waals surface area (Å²) in [5.41, 5.74) is 1.89. The van der Waals surface area contributed by atoms with Crippen LogP contribution in [0.15, 0.2) is 46.9 Å². The molecule has 216 valence electrons. The van der Waals surface area contributed by atoms with E-state index in [0.29, 0.717) is 60.4 Å². The molecule has 4 aromatic rings. The van der Waals surface area contributed by atoms with Gasteiger partial charge in [0.15, 0.2) is 23.0 Å². The first-order valence-corrected chi connectivity index (χ1v) is 14.9. The van der Waals surface area contributed by atoms with Crippen LogP contribution in [0.4, 0.5) is 17.6 Å². The van der Waals surface area contributed by atoms with E-state index in [1.54, 1.807) is 12.1 Å². The number of nitrogens with one attached hydrogen (secondary N) is 2. The lowest BCUT2D eigenvalue weighted by atomic mass is 10.2. The number of rotatable bonds is 9. The summed E-state index contributed by atoms with van der Waals surface area (Å²) in [5.74, 6) is 1.29. The Morgan fingerprint density at radius 2 is 1.83 bits per heavy atom. The molecule has 0 spiro atoms. The summed E-state index contributed by atoms with van der Waals surface area (Å²) in [6, 6.07) is 12.4. The van der Waals surface area contributed by atoms with Gasteiger partial charge in [0.05, 0.1) is 18.9 Å². The number of hydrogen-bond acceptors (Lipinski definition) is 10. The van der Waals surface area contributed by atoms with E-state index in [4.69, 9.17) is 14.1 Å². The molecule has 1 saturated heterocycles. The Morgan fingerprint density at radius 1 is 1.10 bits per heavy atom. The van der Waals surface area contributed by atoms with E-state index >= 15 is 0 Å². The average molecular weight is 581 g/mol. The number of morpholine rings is 1. The zero-order valence-electron chi connectivity index (χ0n) is 23.1. The van der Waals surface area contributed by atoms with Gasteiger partial charge in [-0.05, 0) is 25.7 Å². The Kier molecular flexibility index (Phi) is 7.13. The van der Waals surface area contributed by atoms with E-state index in [1.165, 1.54) is 14.1 Å². The Hall–Kier alpha value is -4.01. The fourth-order valence-corrected chi connectivity index (χ4v) is 5.65. The van der Waals surface area contributed by atoms with Crippen molar-refractivity contribution < 1.29 is 22.4 Å². The van der Waals surface area contributed by atoms with Crippen LogP contribution in [0.25, 0.3) is 22.4 Å². The monoisotopic (exact) mass is 580 g/mol. The summed E-state index contributed by atoms with van der Waals surface area (Å²) in [6.45, 7) is 4.21.